The first-order valence-electron chi connectivity index (χ1n) is 10.2. The van der Waals surface area contributed by atoms with Gasteiger partial charge in [0.2, 0.25) is 5.95 Å². The van der Waals surface area contributed by atoms with Crippen molar-refractivity contribution in [1.82, 2.24) is 15.3 Å². The molecule has 0 saturated carbocycles. The minimum atomic E-state index is -0.497. The maximum Gasteiger partial charge on any atom is 0.407 e. The van der Waals surface area contributed by atoms with Gasteiger partial charge in [0.05, 0.1) is 11.7 Å². The largest absolute Gasteiger partial charge is 0.444 e. The quantitative estimate of drug-likeness (QED) is 0.830. The Bertz CT molecular complexity index is 888. The average Bonchev–Trinajstić information content (AvgIpc) is 2.62. The summed E-state index contributed by atoms with van der Waals surface area (Å²) in [5.74, 6) is 1.70. The minimum Gasteiger partial charge on any atom is -0.444 e. The van der Waals surface area contributed by atoms with E-state index in [0.29, 0.717) is 25.0 Å². The van der Waals surface area contributed by atoms with Crippen LogP contribution in [0.5, 0.6) is 0 Å². The number of carbonyl (C=O) groups is 1. The van der Waals surface area contributed by atoms with Crippen molar-refractivity contribution >= 4 is 17.9 Å². The highest BCUT2D eigenvalue weighted by Crippen LogP contribution is 2.36. The number of hydrogen-bond donors (Lipinski definition) is 2. The molecule has 7 nitrogen and oxygen atoms in total. The molecular formula is C22H29N5O2. The van der Waals surface area contributed by atoms with E-state index in [4.69, 9.17) is 10.5 Å². The molecule has 1 saturated heterocycles. The zero-order valence-electron chi connectivity index (χ0n) is 17.3. The number of nitrogens with one attached hydrogen (secondary N) is 1. The molecule has 29 heavy (non-hydrogen) atoms. The van der Waals surface area contributed by atoms with Crippen LogP contribution in [0.2, 0.25) is 0 Å². The monoisotopic (exact) mass is 395 g/mol. The first-order valence-corrected chi connectivity index (χ1v) is 10.2. The number of alkyl carbamates (subject to hydrolysis) is 1. The molecule has 2 aliphatic rings. The molecule has 1 aliphatic carbocycles. The molecule has 0 bridgehead atoms. The molecular weight excluding hydrogens is 366 g/mol. The van der Waals surface area contributed by atoms with Crippen molar-refractivity contribution in [2.45, 2.75) is 57.6 Å². The summed E-state index contributed by atoms with van der Waals surface area (Å²) in [5.41, 5.74) is 9.13. The summed E-state index contributed by atoms with van der Waals surface area (Å²) in [4.78, 5) is 23.2. The number of nitrogens with two attached hydrogens (primary N) is 1. The standard InChI is InChI=1S/C22H29N5O2/c1-22(2,3)29-21(28)24-16-12-27(13-16)19-17-10-9-15(14-7-5-4-6-8-14)11-18(17)25-20(23)26-19/h4-8,15-16H,9-13H2,1-3H3,(H,24,28)(H2,23,25,26). The van der Waals surface area contributed by atoms with Crippen LogP contribution in [0, 0.1) is 0 Å². The van der Waals surface area contributed by atoms with Gasteiger partial charge in [-0.25, -0.2) is 9.78 Å². The number of ether oxygens (including phenoxy) is 1. The van der Waals surface area contributed by atoms with Crippen molar-refractivity contribution in [2.24, 2.45) is 0 Å². The van der Waals surface area contributed by atoms with Crippen molar-refractivity contribution in [3.8, 4) is 0 Å². The molecule has 1 aliphatic heterocycles. The van der Waals surface area contributed by atoms with Gasteiger partial charge in [-0.1, -0.05) is 30.3 Å². The third-order valence-electron chi connectivity index (χ3n) is 5.44. The van der Waals surface area contributed by atoms with Crippen LogP contribution >= 0.6 is 0 Å². The summed E-state index contributed by atoms with van der Waals surface area (Å²) in [7, 11) is 0. The number of rotatable bonds is 3. The number of benzene rings is 1. The maximum atomic E-state index is 12.0. The number of nitrogens with zero attached hydrogens (tertiary/aromatic N) is 3. The molecule has 1 aromatic heterocycles. The zero-order chi connectivity index (χ0) is 20.6. The van der Waals surface area contributed by atoms with Gasteiger partial charge in [0, 0.05) is 18.7 Å². The van der Waals surface area contributed by atoms with Crippen LogP contribution in [-0.2, 0) is 17.6 Å². The van der Waals surface area contributed by atoms with E-state index in [9.17, 15) is 4.79 Å². The van der Waals surface area contributed by atoms with Gasteiger partial charge in [-0.15, -0.1) is 0 Å². The molecule has 0 radical (unpaired) electrons. The van der Waals surface area contributed by atoms with Crippen LogP contribution in [-0.4, -0.2) is 40.8 Å². The fraction of sp³-hybridized carbons (Fsp3) is 0.500. The number of amides is 1. The van der Waals surface area contributed by atoms with Gasteiger partial charge in [-0.3, -0.25) is 0 Å². The Morgan fingerprint density at radius 3 is 2.62 bits per heavy atom. The smallest absolute Gasteiger partial charge is 0.407 e. The van der Waals surface area contributed by atoms with Crippen LogP contribution in [0.15, 0.2) is 30.3 Å². The van der Waals surface area contributed by atoms with Gasteiger partial charge in [-0.05, 0) is 51.5 Å². The van der Waals surface area contributed by atoms with Gasteiger partial charge >= 0.3 is 6.09 Å². The molecule has 0 spiro atoms. The molecule has 1 amide bonds. The molecule has 154 valence electrons. The Hall–Kier alpha value is -2.83. The third-order valence-corrected chi connectivity index (χ3v) is 5.44. The van der Waals surface area contributed by atoms with Gasteiger partial charge in [0.25, 0.3) is 0 Å². The third kappa shape index (κ3) is 4.44. The molecule has 1 fully saturated rings. The van der Waals surface area contributed by atoms with E-state index in [2.05, 4.69) is 44.5 Å². The first kappa shape index (κ1) is 19.5. The lowest BCUT2D eigenvalue weighted by molar-refractivity contribution is 0.0496. The summed E-state index contributed by atoms with van der Waals surface area (Å²) in [5, 5.41) is 2.92. The number of fused-ring (bicyclic) bond motifs is 1. The topological polar surface area (TPSA) is 93.4 Å². The highest BCUT2D eigenvalue weighted by molar-refractivity contribution is 5.69. The summed E-state index contributed by atoms with van der Waals surface area (Å²) in [6, 6.07) is 10.6. The minimum absolute atomic E-state index is 0.0531. The van der Waals surface area contributed by atoms with Gasteiger partial charge in [-0.2, -0.15) is 4.98 Å². The SMILES string of the molecule is CC(C)(C)OC(=O)NC1CN(c2nc(N)nc3c2CCC(c2ccccc2)C3)C1. The fourth-order valence-electron chi connectivity index (χ4n) is 4.10. The Balaban J connectivity index is 1.43. The highest BCUT2D eigenvalue weighted by atomic mass is 16.6. The van der Waals surface area contributed by atoms with Crippen molar-refractivity contribution in [1.29, 1.82) is 0 Å². The van der Waals surface area contributed by atoms with E-state index in [1.165, 1.54) is 11.1 Å². The van der Waals surface area contributed by atoms with Gasteiger partial charge in [0.1, 0.15) is 11.4 Å². The normalized spacial score (nSPS) is 19.3. The van der Waals surface area contributed by atoms with Crippen molar-refractivity contribution < 1.29 is 9.53 Å². The second-order valence-corrected chi connectivity index (χ2v) is 8.93. The van der Waals surface area contributed by atoms with Crippen LogP contribution in [0.3, 0.4) is 0 Å². The van der Waals surface area contributed by atoms with Crippen molar-refractivity contribution in [2.75, 3.05) is 23.7 Å². The molecule has 3 N–H and O–H groups in total. The molecule has 4 rings (SSSR count). The lowest BCUT2D eigenvalue weighted by Gasteiger charge is -2.42. The van der Waals surface area contributed by atoms with Crippen molar-refractivity contribution in [3.05, 3.63) is 47.2 Å². The summed E-state index contributed by atoms with van der Waals surface area (Å²) < 4.78 is 5.33. The maximum absolute atomic E-state index is 12.0. The Labute approximate surface area is 171 Å². The van der Waals surface area contributed by atoms with Crippen LogP contribution in [0.25, 0.3) is 0 Å². The molecule has 1 atom stereocenters. The summed E-state index contributed by atoms with van der Waals surface area (Å²) >= 11 is 0. The Morgan fingerprint density at radius 2 is 1.93 bits per heavy atom. The second kappa shape index (κ2) is 7.54. The lowest BCUT2D eigenvalue weighted by Crippen LogP contribution is -2.60. The number of aromatic nitrogens is 2. The predicted molar refractivity (Wildman–Crippen MR) is 113 cm³/mol. The lowest BCUT2D eigenvalue weighted by atomic mass is 9.82. The van der Waals surface area contributed by atoms with Gasteiger partial charge in [0.15, 0.2) is 0 Å². The molecule has 1 aromatic carbocycles. The number of nitrogen functional groups attached to an aromatic ring is 1. The average molecular weight is 396 g/mol. The number of hydrogen-bond acceptors (Lipinski definition) is 6. The predicted octanol–water partition coefficient (Wildman–Crippen LogP) is 3.04. The Kier molecular flexibility index (Phi) is 5.06. The van der Waals surface area contributed by atoms with E-state index in [1.54, 1.807) is 0 Å². The zero-order valence-corrected chi connectivity index (χ0v) is 17.3. The van der Waals surface area contributed by atoms with E-state index in [-0.39, 0.29) is 12.1 Å². The first-order chi connectivity index (χ1) is 13.8. The Morgan fingerprint density at radius 1 is 1.21 bits per heavy atom. The summed E-state index contributed by atoms with van der Waals surface area (Å²) in [6.07, 6.45) is 2.51. The van der Waals surface area contributed by atoms with E-state index >= 15 is 0 Å². The van der Waals surface area contributed by atoms with Crippen LogP contribution < -0.4 is 16.0 Å². The molecule has 1 unspecified atom stereocenters. The van der Waals surface area contributed by atoms with E-state index in [0.717, 1.165) is 30.8 Å². The van der Waals surface area contributed by atoms with Crippen molar-refractivity contribution in [3.63, 3.8) is 0 Å². The van der Waals surface area contributed by atoms with Crippen LogP contribution in [0.1, 0.15) is 49.9 Å². The van der Waals surface area contributed by atoms with E-state index in [1.807, 2.05) is 26.8 Å². The number of anilines is 2. The van der Waals surface area contributed by atoms with Gasteiger partial charge < -0.3 is 20.7 Å². The van der Waals surface area contributed by atoms with E-state index < -0.39 is 5.60 Å². The number of carbonyl (C=O) groups excluding carboxylic acids is 1. The highest BCUT2D eigenvalue weighted by Gasteiger charge is 2.34. The molecule has 7 heteroatoms. The summed E-state index contributed by atoms with van der Waals surface area (Å²) in [6.45, 7) is 6.98. The molecule has 2 aromatic rings. The second-order valence-electron chi connectivity index (χ2n) is 8.93. The van der Waals surface area contributed by atoms with Crippen LogP contribution in [0.4, 0.5) is 16.6 Å². The molecule has 2 heterocycles. The fourth-order valence-corrected chi connectivity index (χ4v) is 4.10.